The first kappa shape index (κ1) is 15.4. The van der Waals surface area contributed by atoms with Crippen LogP contribution in [0.4, 0.5) is 0 Å². The van der Waals surface area contributed by atoms with E-state index < -0.39 is 0 Å². The molecule has 1 fully saturated rings. The van der Waals surface area contributed by atoms with Crippen molar-refractivity contribution in [1.82, 2.24) is 14.2 Å². The molecule has 0 amide bonds. The molecule has 0 aromatic rings. The third-order valence-electron chi connectivity index (χ3n) is 2.25. The Morgan fingerprint density at radius 1 is 0.667 bits per heavy atom. The first-order valence-electron chi connectivity index (χ1n) is 6.12. The van der Waals surface area contributed by atoms with Crippen molar-refractivity contribution < 1.29 is 0 Å². The zero-order valence-electron chi connectivity index (χ0n) is 11.8. The third-order valence-corrected chi connectivity index (χ3v) is 2.25. The van der Waals surface area contributed by atoms with Gasteiger partial charge in [-0.2, -0.15) is 0 Å². The van der Waals surface area contributed by atoms with Crippen LogP contribution < -0.4 is 0 Å². The van der Waals surface area contributed by atoms with E-state index in [4.69, 9.17) is 0 Å². The molecular formula is C12H21B3N3. The fourth-order valence-corrected chi connectivity index (χ4v) is 1.84. The van der Waals surface area contributed by atoms with Crippen LogP contribution in [0.5, 0.6) is 0 Å². The third kappa shape index (κ3) is 5.76. The van der Waals surface area contributed by atoms with E-state index in [9.17, 15) is 0 Å². The first-order valence-corrected chi connectivity index (χ1v) is 6.12. The Hall–Kier alpha value is -0.705. The van der Waals surface area contributed by atoms with Gasteiger partial charge in [0.15, 0.2) is 0 Å². The largest absolute Gasteiger partial charge is 0.361 e. The van der Waals surface area contributed by atoms with Crippen LogP contribution in [0.2, 0.25) is 0 Å². The summed E-state index contributed by atoms with van der Waals surface area (Å²) >= 11 is 0. The van der Waals surface area contributed by atoms with E-state index in [1.165, 1.54) is 0 Å². The summed E-state index contributed by atoms with van der Waals surface area (Å²) in [4.78, 5) is 0. The smallest absolute Gasteiger partial charge is 0.290 e. The van der Waals surface area contributed by atoms with Crippen LogP contribution in [0.3, 0.4) is 0 Å². The molecule has 0 spiro atoms. The van der Waals surface area contributed by atoms with Gasteiger partial charge in [-0.05, 0) is 40.4 Å². The molecule has 3 radical (unpaired) electrons. The topological polar surface area (TPSA) is 9.72 Å². The Morgan fingerprint density at radius 3 is 1.06 bits per heavy atom. The highest BCUT2D eigenvalue weighted by Crippen LogP contribution is 2.07. The molecule has 93 valence electrons. The van der Waals surface area contributed by atoms with Gasteiger partial charge in [0.1, 0.15) is 0 Å². The quantitative estimate of drug-likeness (QED) is 0.510. The van der Waals surface area contributed by atoms with Gasteiger partial charge >= 0.3 is 0 Å². The lowest BCUT2D eigenvalue weighted by Crippen LogP contribution is -2.62. The molecule has 18 heavy (non-hydrogen) atoms. The van der Waals surface area contributed by atoms with Crippen molar-refractivity contribution in [3.8, 4) is 0 Å². The van der Waals surface area contributed by atoms with Gasteiger partial charge in [-0.15, -0.1) is 0 Å². The lowest BCUT2D eigenvalue weighted by molar-refractivity contribution is 0.521. The highest BCUT2D eigenvalue weighted by atomic mass is 15.3. The average Bonchev–Trinajstić information content (AvgIpc) is 2.12. The number of rotatable bonds is 6. The maximum atomic E-state index is 3.96. The van der Waals surface area contributed by atoms with Gasteiger partial charge in [0.05, 0.1) is 0 Å². The summed E-state index contributed by atoms with van der Waals surface area (Å²) in [6.07, 6.45) is 0. The minimum atomic E-state index is 0.827. The molecule has 3 nitrogen and oxygen atoms in total. The van der Waals surface area contributed by atoms with Crippen molar-refractivity contribution in [2.45, 2.75) is 20.8 Å². The summed E-state index contributed by atoms with van der Waals surface area (Å²) in [6.45, 7) is 20.5. The molecule has 1 aliphatic rings. The van der Waals surface area contributed by atoms with Gasteiger partial charge in [-0.25, -0.2) is 0 Å². The molecule has 0 aromatic heterocycles. The summed E-state index contributed by atoms with van der Waals surface area (Å²) in [6, 6.07) is 0. The summed E-state index contributed by atoms with van der Waals surface area (Å²) in [5.74, 6) is 0. The van der Waals surface area contributed by atoms with Crippen LogP contribution in [-0.4, -0.2) is 56.4 Å². The molecule has 0 aromatic carbocycles. The van der Waals surface area contributed by atoms with Crippen LogP contribution in [0.1, 0.15) is 20.8 Å². The molecule has 0 atom stereocenters. The van der Waals surface area contributed by atoms with E-state index in [2.05, 4.69) is 56.6 Å². The summed E-state index contributed by atoms with van der Waals surface area (Å²) < 4.78 is 6.40. The van der Waals surface area contributed by atoms with Crippen molar-refractivity contribution in [2.75, 3.05) is 19.6 Å². The van der Waals surface area contributed by atoms with Crippen molar-refractivity contribution >= 4 is 22.6 Å². The van der Waals surface area contributed by atoms with Crippen LogP contribution in [-0.2, 0) is 0 Å². The summed E-state index contributed by atoms with van der Waals surface area (Å²) in [5, 5.41) is 0. The average molecular weight is 240 g/mol. The molecule has 0 saturated carbocycles. The minimum Gasteiger partial charge on any atom is -0.361 e. The lowest BCUT2D eigenvalue weighted by Gasteiger charge is -2.40. The molecule has 1 aliphatic heterocycles. The zero-order chi connectivity index (χ0) is 13.7. The van der Waals surface area contributed by atoms with Crippen LogP contribution >= 0.6 is 0 Å². The molecule has 1 heterocycles. The van der Waals surface area contributed by atoms with Crippen molar-refractivity contribution in [1.29, 1.82) is 0 Å². The van der Waals surface area contributed by atoms with Crippen molar-refractivity contribution in [2.24, 2.45) is 0 Å². The van der Waals surface area contributed by atoms with Crippen molar-refractivity contribution in [3.63, 3.8) is 0 Å². The Kier molecular flexibility index (Phi) is 5.99. The van der Waals surface area contributed by atoms with E-state index >= 15 is 0 Å². The molecule has 0 N–H and O–H groups in total. The summed E-state index contributed by atoms with van der Waals surface area (Å²) in [5.41, 5.74) is 3.40. The Balaban J connectivity index is 2.62. The maximum absolute atomic E-state index is 3.96. The second-order valence-electron chi connectivity index (χ2n) is 5.23. The summed E-state index contributed by atoms with van der Waals surface area (Å²) in [7, 11) is 6.24. The Morgan fingerprint density at radius 2 is 0.889 bits per heavy atom. The molecule has 1 rings (SSSR count). The van der Waals surface area contributed by atoms with Gasteiger partial charge < -0.3 is 14.2 Å². The fraction of sp³-hybridized carbons (Fsp3) is 0.500. The molecule has 6 heteroatoms. The highest BCUT2D eigenvalue weighted by molar-refractivity contribution is 6.64. The predicted molar refractivity (Wildman–Crippen MR) is 81.8 cm³/mol. The van der Waals surface area contributed by atoms with Crippen LogP contribution in [0.15, 0.2) is 36.5 Å². The number of hydrogen-bond donors (Lipinski definition) is 0. The van der Waals surface area contributed by atoms with Gasteiger partial charge in [0.25, 0.3) is 22.6 Å². The van der Waals surface area contributed by atoms with E-state index in [1.807, 2.05) is 20.8 Å². The van der Waals surface area contributed by atoms with Gasteiger partial charge in [-0.3, -0.25) is 0 Å². The molecule has 0 unspecified atom stereocenters. The van der Waals surface area contributed by atoms with Gasteiger partial charge in [0, 0.05) is 0 Å². The number of nitrogens with zero attached hydrogens (tertiary/aromatic N) is 3. The molecule has 0 bridgehead atoms. The monoisotopic (exact) mass is 240 g/mol. The molecule has 0 aliphatic carbocycles. The Labute approximate surface area is 114 Å². The minimum absolute atomic E-state index is 0.827. The Bertz CT molecular complexity index is 285. The normalized spacial score (nSPS) is 17.5. The maximum Gasteiger partial charge on any atom is 0.290 e. The van der Waals surface area contributed by atoms with Gasteiger partial charge in [-0.1, -0.05) is 36.5 Å². The predicted octanol–water partition coefficient (Wildman–Crippen LogP) is 1.24. The SMILES string of the molecule is C=C(C)CN1[B]N(CC(=C)C)[B]N(CC(=C)C)[B]1. The second-order valence-corrected chi connectivity index (χ2v) is 5.23. The van der Waals surface area contributed by atoms with Crippen molar-refractivity contribution in [3.05, 3.63) is 36.5 Å². The van der Waals surface area contributed by atoms with E-state index in [1.54, 1.807) is 0 Å². The van der Waals surface area contributed by atoms with E-state index in [0.29, 0.717) is 0 Å². The van der Waals surface area contributed by atoms with Crippen LogP contribution in [0, 0.1) is 0 Å². The zero-order valence-corrected chi connectivity index (χ0v) is 11.8. The van der Waals surface area contributed by atoms with E-state index in [0.717, 1.165) is 36.4 Å². The van der Waals surface area contributed by atoms with Crippen LogP contribution in [0.25, 0.3) is 0 Å². The fourth-order valence-electron chi connectivity index (χ4n) is 1.84. The highest BCUT2D eigenvalue weighted by Gasteiger charge is 2.27. The lowest BCUT2D eigenvalue weighted by atomic mass is 9.73. The number of hydrogen-bond acceptors (Lipinski definition) is 3. The van der Waals surface area contributed by atoms with E-state index in [-0.39, 0.29) is 0 Å². The molecular weight excluding hydrogens is 219 g/mol. The second kappa shape index (κ2) is 7.02. The van der Waals surface area contributed by atoms with Gasteiger partial charge in [0.2, 0.25) is 0 Å². The first-order chi connectivity index (χ1) is 8.36. The molecule has 1 saturated heterocycles. The standard InChI is InChI=1S/C12H21B3N3/c1-10(2)7-16-13-17(8-11(3)4)15-18(14-16)9-12(5)6/h1,3,5,7-9H2,2,4,6H3.